The lowest BCUT2D eigenvalue weighted by Crippen LogP contribution is -2.18. The quantitative estimate of drug-likeness (QED) is 0.744. The van der Waals surface area contributed by atoms with Crippen LogP contribution in [0.25, 0.3) is 0 Å². The van der Waals surface area contributed by atoms with Crippen molar-refractivity contribution in [3.8, 4) is 5.75 Å². The summed E-state index contributed by atoms with van der Waals surface area (Å²) in [7, 11) is 1.61. The van der Waals surface area contributed by atoms with Crippen molar-refractivity contribution in [2.24, 2.45) is 17.6 Å². The number of nitrogens with one attached hydrogen (secondary N) is 1. The molecule has 0 aliphatic heterocycles. The second-order valence-electron chi connectivity index (χ2n) is 5.51. The van der Waals surface area contributed by atoms with Gasteiger partial charge in [-0.1, -0.05) is 13.8 Å². The third kappa shape index (κ3) is 6.06. The highest BCUT2D eigenvalue weighted by molar-refractivity contribution is 9.10. The van der Waals surface area contributed by atoms with E-state index in [0.717, 1.165) is 28.8 Å². The molecule has 0 radical (unpaired) electrons. The molecular weight excluding hydrogens is 332 g/mol. The van der Waals surface area contributed by atoms with E-state index < -0.39 is 0 Å². The number of hydrogen-bond acceptors (Lipinski definition) is 3. The minimum Gasteiger partial charge on any atom is -0.497 e. The number of carbonyl (C=O) groups is 1. The van der Waals surface area contributed by atoms with Crippen LogP contribution in [0.2, 0.25) is 0 Å². The standard InChI is InChI=1S/C16H25BrN2O2/c1-11(2)12(8-9-18)4-7-16(20)19-15-10-13(21-3)5-6-14(15)17/h5-6,10-12H,4,7-9,18H2,1-3H3,(H,19,20). The van der Waals surface area contributed by atoms with Gasteiger partial charge in [0.2, 0.25) is 5.91 Å². The SMILES string of the molecule is COc1ccc(Br)c(NC(=O)CCC(CCN)C(C)C)c1. The summed E-state index contributed by atoms with van der Waals surface area (Å²) in [5.41, 5.74) is 6.36. The molecule has 0 fully saturated rings. The minimum atomic E-state index is 0.0200. The first-order valence-electron chi connectivity index (χ1n) is 7.31. The summed E-state index contributed by atoms with van der Waals surface area (Å²) in [5.74, 6) is 1.78. The molecule has 0 saturated heterocycles. The third-order valence-corrected chi connectivity index (χ3v) is 4.36. The predicted octanol–water partition coefficient (Wildman–Crippen LogP) is 3.80. The monoisotopic (exact) mass is 356 g/mol. The fourth-order valence-corrected chi connectivity index (χ4v) is 2.63. The van der Waals surface area contributed by atoms with Gasteiger partial charge in [0.05, 0.1) is 12.8 Å². The molecule has 0 bridgehead atoms. The molecule has 21 heavy (non-hydrogen) atoms. The molecule has 1 aromatic rings. The van der Waals surface area contributed by atoms with Crippen LogP contribution >= 0.6 is 15.9 Å². The van der Waals surface area contributed by atoms with Gasteiger partial charge in [0, 0.05) is 17.0 Å². The summed E-state index contributed by atoms with van der Waals surface area (Å²) in [6, 6.07) is 5.51. The fraction of sp³-hybridized carbons (Fsp3) is 0.562. The van der Waals surface area contributed by atoms with Crippen molar-refractivity contribution in [3.05, 3.63) is 22.7 Å². The summed E-state index contributed by atoms with van der Waals surface area (Å²) in [4.78, 5) is 12.1. The van der Waals surface area contributed by atoms with Crippen molar-refractivity contribution >= 4 is 27.5 Å². The Bertz CT molecular complexity index is 464. The number of methoxy groups -OCH3 is 1. The molecule has 0 spiro atoms. The summed E-state index contributed by atoms with van der Waals surface area (Å²) in [5, 5.41) is 2.92. The highest BCUT2D eigenvalue weighted by Crippen LogP contribution is 2.27. The molecule has 0 aliphatic rings. The van der Waals surface area contributed by atoms with Crippen LogP contribution in [-0.4, -0.2) is 19.6 Å². The zero-order chi connectivity index (χ0) is 15.8. The van der Waals surface area contributed by atoms with Crippen molar-refractivity contribution < 1.29 is 9.53 Å². The van der Waals surface area contributed by atoms with Crippen molar-refractivity contribution in [2.45, 2.75) is 33.1 Å². The van der Waals surface area contributed by atoms with Crippen LogP contribution in [0, 0.1) is 11.8 Å². The van der Waals surface area contributed by atoms with Gasteiger partial charge in [-0.15, -0.1) is 0 Å². The number of rotatable bonds is 8. The highest BCUT2D eigenvalue weighted by Gasteiger charge is 2.15. The Morgan fingerprint density at radius 3 is 2.67 bits per heavy atom. The molecular formula is C16H25BrN2O2. The Morgan fingerprint density at radius 1 is 1.38 bits per heavy atom. The van der Waals surface area contributed by atoms with E-state index in [9.17, 15) is 4.79 Å². The largest absolute Gasteiger partial charge is 0.497 e. The maximum absolute atomic E-state index is 12.1. The molecule has 1 atom stereocenters. The van der Waals surface area contributed by atoms with E-state index in [0.29, 0.717) is 24.8 Å². The molecule has 0 heterocycles. The van der Waals surface area contributed by atoms with E-state index in [-0.39, 0.29) is 5.91 Å². The van der Waals surface area contributed by atoms with Gasteiger partial charge in [0.1, 0.15) is 5.75 Å². The zero-order valence-corrected chi connectivity index (χ0v) is 14.6. The highest BCUT2D eigenvalue weighted by atomic mass is 79.9. The molecule has 118 valence electrons. The van der Waals surface area contributed by atoms with Crippen LogP contribution in [0.3, 0.4) is 0 Å². The van der Waals surface area contributed by atoms with Crippen LogP contribution < -0.4 is 15.8 Å². The first kappa shape index (κ1) is 18.0. The molecule has 1 amide bonds. The van der Waals surface area contributed by atoms with Gasteiger partial charge in [0.15, 0.2) is 0 Å². The number of anilines is 1. The third-order valence-electron chi connectivity index (χ3n) is 3.67. The molecule has 1 rings (SSSR count). The van der Waals surface area contributed by atoms with Crippen LogP contribution in [0.1, 0.15) is 33.1 Å². The normalized spacial score (nSPS) is 12.3. The number of nitrogens with two attached hydrogens (primary N) is 1. The average Bonchev–Trinajstić information content (AvgIpc) is 2.45. The molecule has 0 aromatic heterocycles. The Hall–Kier alpha value is -1.07. The second-order valence-corrected chi connectivity index (χ2v) is 6.37. The lowest BCUT2D eigenvalue weighted by atomic mass is 9.88. The second kappa shape index (κ2) is 9.05. The first-order chi connectivity index (χ1) is 9.97. The first-order valence-corrected chi connectivity index (χ1v) is 8.10. The summed E-state index contributed by atoms with van der Waals surface area (Å²) >= 11 is 3.43. The van der Waals surface area contributed by atoms with Crippen LogP contribution in [0.4, 0.5) is 5.69 Å². The fourth-order valence-electron chi connectivity index (χ4n) is 2.28. The summed E-state index contributed by atoms with van der Waals surface area (Å²) in [6.07, 6.45) is 2.34. The van der Waals surface area contributed by atoms with E-state index in [2.05, 4.69) is 35.1 Å². The van der Waals surface area contributed by atoms with Gasteiger partial charge in [-0.05, 0) is 59.3 Å². The van der Waals surface area contributed by atoms with Crippen molar-refractivity contribution in [1.82, 2.24) is 0 Å². The van der Waals surface area contributed by atoms with Gasteiger partial charge in [-0.2, -0.15) is 0 Å². The van der Waals surface area contributed by atoms with Crippen molar-refractivity contribution in [2.75, 3.05) is 19.0 Å². The molecule has 5 heteroatoms. The van der Waals surface area contributed by atoms with Crippen LogP contribution in [0.15, 0.2) is 22.7 Å². The van der Waals surface area contributed by atoms with Crippen LogP contribution in [0.5, 0.6) is 5.75 Å². The molecule has 0 aliphatic carbocycles. The average molecular weight is 357 g/mol. The number of carbonyl (C=O) groups excluding carboxylic acids is 1. The van der Waals surface area contributed by atoms with Gasteiger partial charge < -0.3 is 15.8 Å². The summed E-state index contributed by atoms with van der Waals surface area (Å²) < 4.78 is 6.01. The lowest BCUT2D eigenvalue weighted by molar-refractivity contribution is -0.116. The van der Waals surface area contributed by atoms with Gasteiger partial charge in [0.25, 0.3) is 0 Å². The van der Waals surface area contributed by atoms with Gasteiger partial charge in [-0.25, -0.2) is 0 Å². The zero-order valence-electron chi connectivity index (χ0n) is 13.0. The number of halogens is 1. The molecule has 4 nitrogen and oxygen atoms in total. The molecule has 1 aromatic carbocycles. The number of benzene rings is 1. The van der Waals surface area contributed by atoms with Gasteiger partial charge >= 0.3 is 0 Å². The Kier molecular flexibility index (Phi) is 7.75. The predicted molar refractivity (Wildman–Crippen MR) is 90.6 cm³/mol. The number of hydrogen-bond donors (Lipinski definition) is 2. The van der Waals surface area contributed by atoms with E-state index >= 15 is 0 Å². The van der Waals surface area contributed by atoms with Gasteiger partial charge in [-0.3, -0.25) is 4.79 Å². The van der Waals surface area contributed by atoms with E-state index in [1.54, 1.807) is 7.11 Å². The molecule has 3 N–H and O–H groups in total. The maximum atomic E-state index is 12.1. The maximum Gasteiger partial charge on any atom is 0.224 e. The minimum absolute atomic E-state index is 0.0200. The van der Waals surface area contributed by atoms with Crippen molar-refractivity contribution in [1.29, 1.82) is 0 Å². The Labute approximate surface area is 135 Å². The topological polar surface area (TPSA) is 64.3 Å². The smallest absolute Gasteiger partial charge is 0.224 e. The molecule has 0 saturated carbocycles. The van der Waals surface area contributed by atoms with E-state index in [1.807, 2.05) is 18.2 Å². The lowest BCUT2D eigenvalue weighted by Gasteiger charge is -2.19. The Morgan fingerprint density at radius 2 is 2.10 bits per heavy atom. The Balaban J connectivity index is 2.57. The summed E-state index contributed by atoms with van der Waals surface area (Å²) in [6.45, 7) is 5.03. The van der Waals surface area contributed by atoms with E-state index in [1.165, 1.54) is 0 Å². The van der Waals surface area contributed by atoms with Crippen LogP contribution in [-0.2, 0) is 4.79 Å². The van der Waals surface area contributed by atoms with E-state index in [4.69, 9.17) is 10.5 Å². The number of ether oxygens (including phenoxy) is 1. The number of amides is 1. The molecule has 1 unspecified atom stereocenters. The van der Waals surface area contributed by atoms with Crippen molar-refractivity contribution in [3.63, 3.8) is 0 Å².